The zero-order valence-electron chi connectivity index (χ0n) is 31.8. The van der Waals surface area contributed by atoms with Crippen molar-refractivity contribution in [3.05, 3.63) is 119 Å². The van der Waals surface area contributed by atoms with Crippen LogP contribution in [0.1, 0.15) is 52.3 Å². The number of carbonyl (C=O) groups is 1. The van der Waals surface area contributed by atoms with E-state index in [2.05, 4.69) is 22.0 Å². The number of hydrogen-bond donors (Lipinski definition) is 1. The molecule has 2 aliphatic rings. The van der Waals surface area contributed by atoms with Gasteiger partial charge < -0.3 is 18.7 Å². The van der Waals surface area contributed by atoms with Crippen LogP contribution < -0.4 is 4.74 Å². The van der Waals surface area contributed by atoms with Crippen molar-refractivity contribution in [2.75, 3.05) is 19.6 Å². The molecule has 13 heteroatoms. The molecule has 0 unspecified atom stereocenters. The number of halogens is 2. The zero-order valence-corrected chi connectivity index (χ0v) is 31.8. The highest BCUT2D eigenvalue weighted by Gasteiger charge is 2.32. The molecule has 7 aromatic rings. The van der Waals surface area contributed by atoms with Crippen molar-refractivity contribution in [1.82, 2.24) is 24.8 Å². The van der Waals surface area contributed by atoms with Gasteiger partial charge in [-0.1, -0.05) is 30.3 Å². The summed E-state index contributed by atoms with van der Waals surface area (Å²) in [5, 5.41) is 19.8. The van der Waals surface area contributed by atoms with Crippen LogP contribution in [0.2, 0.25) is 0 Å². The van der Waals surface area contributed by atoms with Gasteiger partial charge in [-0.2, -0.15) is 14.0 Å². The summed E-state index contributed by atoms with van der Waals surface area (Å²) in [7, 11) is 0. The molecular formula is C45H38F2N6O5. The van der Waals surface area contributed by atoms with E-state index in [0.717, 1.165) is 52.2 Å². The quantitative estimate of drug-likeness (QED) is 0.134. The lowest BCUT2D eigenvalue weighted by Gasteiger charge is -2.39. The third-order valence-corrected chi connectivity index (χ3v) is 11.4. The Labute approximate surface area is 332 Å². The Morgan fingerprint density at radius 3 is 2.29 bits per heavy atom. The third-order valence-electron chi connectivity index (χ3n) is 11.4. The largest absolute Gasteiger partial charge is 0.480 e. The molecule has 11 nitrogen and oxygen atoms in total. The van der Waals surface area contributed by atoms with E-state index in [0.29, 0.717) is 76.9 Å². The second kappa shape index (κ2) is 15.1. The summed E-state index contributed by atoms with van der Waals surface area (Å²) in [5.41, 5.74) is 9.86. The van der Waals surface area contributed by atoms with Crippen molar-refractivity contribution in [3.8, 4) is 45.9 Å². The Kier molecular flexibility index (Phi) is 9.67. The van der Waals surface area contributed by atoms with Gasteiger partial charge in [0.05, 0.1) is 5.56 Å². The van der Waals surface area contributed by atoms with E-state index < -0.39 is 18.6 Å². The number of ether oxygens (including phenoxy) is 1. The lowest BCUT2D eigenvalue weighted by atomic mass is 9.91. The first-order chi connectivity index (χ1) is 28.1. The highest BCUT2D eigenvalue weighted by molar-refractivity contribution is 5.86. The molecule has 0 spiro atoms. The van der Waals surface area contributed by atoms with E-state index in [9.17, 15) is 23.9 Å². The summed E-state index contributed by atoms with van der Waals surface area (Å²) in [6, 6.07) is 26.2. The van der Waals surface area contributed by atoms with Gasteiger partial charge in [-0.05, 0) is 104 Å². The van der Waals surface area contributed by atoms with Crippen LogP contribution in [0.15, 0.2) is 93.9 Å². The van der Waals surface area contributed by atoms with Gasteiger partial charge in [-0.15, -0.1) is 0 Å². The summed E-state index contributed by atoms with van der Waals surface area (Å²) in [5.74, 6) is 0.0849. The van der Waals surface area contributed by atoms with E-state index in [1.807, 2.05) is 80.7 Å². The minimum atomic E-state index is -3.08. The standard InChI is InChI=1S/C45H38F2N6O5/c1-25-31(8-5-10-33(25)42-50-36-18-29(24-53-15-7-13-38(53)44(54)55)39(57-45(46)47)19-40(36)56-42)32-9-6-11-34(26(32)2)43-51-37-17-27(16-28(20-48)41(37)58-43)21-52-22-30(23-52)35-12-3-4-14-49-35/h3-6,8-12,14,16-19,30,38,45H,7,13,15,21-24H2,1-2H3,(H,54,55)/t38-/m0/s1. The molecule has 3 aromatic heterocycles. The van der Waals surface area contributed by atoms with Gasteiger partial charge in [0.1, 0.15) is 28.9 Å². The first-order valence-corrected chi connectivity index (χ1v) is 19.2. The number of aliphatic carboxylic acids is 1. The maximum Gasteiger partial charge on any atom is 0.387 e. The SMILES string of the molecule is Cc1c(-c2nc3cc(CN4CCC[C@H]4C(=O)O)c(OC(F)F)cc3o2)cccc1-c1cccc(-c2nc3cc(CN4CC(c5ccccn5)C4)cc(C#N)c3o2)c1C. The predicted octanol–water partition coefficient (Wildman–Crippen LogP) is 9.10. The molecular weight excluding hydrogens is 743 g/mol. The van der Waals surface area contributed by atoms with E-state index in [4.69, 9.17) is 23.5 Å². The van der Waals surface area contributed by atoms with Crippen LogP contribution >= 0.6 is 0 Å². The highest BCUT2D eigenvalue weighted by Crippen LogP contribution is 2.40. The minimum absolute atomic E-state index is 0.0812. The summed E-state index contributed by atoms with van der Waals surface area (Å²) in [6.45, 7) is 4.03. The molecule has 58 heavy (non-hydrogen) atoms. The van der Waals surface area contributed by atoms with Crippen LogP contribution in [0.25, 0.3) is 56.2 Å². The van der Waals surface area contributed by atoms with Gasteiger partial charge in [0.25, 0.3) is 0 Å². The Balaban J connectivity index is 1.00. The van der Waals surface area contributed by atoms with Crippen molar-refractivity contribution >= 4 is 28.2 Å². The van der Waals surface area contributed by atoms with Gasteiger partial charge in [0.15, 0.2) is 11.2 Å². The molecule has 2 aliphatic heterocycles. The second-order valence-electron chi connectivity index (χ2n) is 15.0. The Morgan fingerprint density at radius 1 is 0.914 bits per heavy atom. The molecule has 1 atom stereocenters. The highest BCUT2D eigenvalue weighted by atomic mass is 19.3. The fourth-order valence-corrected chi connectivity index (χ4v) is 8.42. The number of alkyl halides is 2. The van der Waals surface area contributed by atoms with Gasteiger partial charge in [0, 0.05) is 66.7 Å². The number of aromatic nitrogens is 3. The number of carboxylic acid groups (broad SMARTS) is 1. The molecule has 4 aromatic carbocycles. The lowest BCUT2D eigenvalue weighted by Crippen LogP contribution is -2.44. The Bertz CT molecular complexity index is 2740. The summed E-state index contributed by atoms with van der Waals surface area (Å²) < 4.78 is 44.4. The molecule has 292 valence electrons. The number of likely N-dealkylation sites (tertiary alicyclic amines) is 2. The molecule has 1 N–H and O–H groups in total. The third kappa shape index (κ3) is 6.95. The van der Waals surface area contributed by atoms with Crippen molar-refractivity contribution in [3.63, 3.8) is 0 Å². The smallest absolute Gasteiger partial charge is 0.387 e. The molecule has 9 rings (SSSR count). The van der Waals surface area contributed by atoms with Gasteiger partial charge >= 0.3 is 12.6 Å². The van der Waals surface area contributed by atoms with Crippen molar-refractivity contribution < 1.29 is 32.3 Å². The summed E-state index contributed by atoms with van der Waals surface area (Å²) in [6.07, 6.45) is 3.01. The van der Waals surface area contributed by atoms with Crippen LogP contribution in [0.5, 0.6) is 5.75 Å². The number of hydrogen-bond acceptors (Lipinski definition) is 10. The number of nitriles is 1. The van der Waals surface area contributed by atoms with Gasteiger partial charge in [0.2, 0.25) is 11.8 Å². The molecule has 0 aliphatic carbocycles. The summed E-state index contributed by atoms with van der Waals surface area (Å²) in [4.78, 5) is 30.1. The monoisotopic (exact) mass is 780 g/mol. The second-order valence-corrected chi connectivity index (χ2v) is 15.0. The van der Waals surface area contributed by atoms with E-state index in [1.165, 1.54) is 6.07 Å². The molecule has 2 saturated heterocycles. The first kappa shape index (κ1) is 37.1. The summed E-state index contributed by atoms with van der Waals surface area (Å²) >= 11 is 0. The van der Waals surface area contributed by atoms with Crippen molar-refractivity contribution in [1.29, 1.82) is 5.26 Å². The average molecular weight is 781 g/mol. The number of fused-ring (bicyclic) bond motifs is 2. The zero-order chi connectivity index (χ0) is 40.1. The van der Waals surface area contributed by atoms with E-state index in [1.54, 1.807) is 11.0 Å². The van der Waals surface area contributed by atoms with Crippen LogP contribution in [0.4, 0.5) is 8.78 Å². The van der Waals surface area contributed by atoms with Crippen molar-refractivity contribution in [2.24, 2.45) is 0 Å². The molecule has 2 fully saturated rings. The number of rotatable bonds is 11. The number of pyridine rings is 1. The van der Waals surface area contributed by atoms with Crippen LogP contribution in [-0.4, -0.2) is 68.1 Å². The lowest BCUT2D eigenvalue weighted by molar-refractivity contribution is -0.142. The predicted molar refractivity (Wildman–Crippen MR) is 212 cm³/mol. The average Bonchev–Trinajstić information content (AvgIpc) is 3.95. The number of oxazole rings is 2. The number of nitrogens with zero attached hydrogens (tertiary/aromatic N) is 6. The van der Waals surface area contributed by atoms with Crippen LogP contribution in [0.3, 0.4) is 0 Å². The fourth-order valence-electron chi connectivity index (χ4n) is 8.42. The van der Waals surface area contributed by atoms with E-state index in [-0.39, 0.29) is 17.9 Å². The number of benzene rings is 4. The molecule has 0 radical (unpaired) electrons. The first-order valence-electron chi connectivity index (χ1n) is 19.2. The molecule has 0 saturated carbocycles. The maximum atomic E-state index is 13.5. The fraction of sp³-hybridized carbons (Fsp3) is 0.267. The Hall–Kier alpha value is -6.49. The van der Waals surface area contributed by atoms with Crippen molar-refractivity contribution in [2.45, 2.75) is 58.3 Å². The Morgan fingerprint density at radius 2 is 1.62 bits per heavy atom. The minimum Gasteiger partial charge on any atom is -0.480 e. The maximum absolute atomic E-state index is 13.5. The normalized spacial score (nSPS) is 16.3. The molecule has 0 bridgehead atoms. The van der Waals surface area contributed by atoms with Gasteiger partial charge in [-0.3, -0.25) is 19.6 Å². The van der Waals surface area contributed by atoms with E-state index >= 15 is 0 Å². The number of carboxylic acids is 1. The topological polar surface area (TPSA) is 142 Å². The molecule has 5 heterocycles. The van der Waals surface area contributed by atoms with Crippen LogP contribution in [0, 0.1) is 25.2 Å². The molecule has 0 amide bonds. The van der Waals surface area contributed by atoms with Crippen LogP contribution in [-0.2, 0) is 17.9 Å². The van der Waals surface area contributed by atoms with Gasteiger partial charge in [-0.25, -0.2) is 9.97 Å².